The van der Waals surface area contributed by atoms with E-state index in [0.29, 0.717) is 29.4 Å². The van der Waals surface area contributed by atoms with Gasteiger partial charge in [0, 0.05) is 37.1 Å². The number of carbonyl (C=O) groups is 2. The number of fused-ring (bicyclic) bond motifs is 1. The van der Waals surface area contributed by atoms with Crippen LogP contribution in [-0.4, -0.2) is 69.8 Å². The lowest BCUT2D eigenvalue weighted by atomic mass is 10.1. The first-order chi connectivity index (χ1) is 16.0. The molecule has 1 N–H and O–H groups in total. The summed E-state index contributed by atoms with van der Waals surface area (Å²) in [6.07, 6.45) is 1.79. The molecule has 2 aliphatic heterocycles. The van der Waals surface area contributed by atoms with Gasteiger partial charge in [0.2, 0.25) is 5.91 Å². The Balaban J connectivity index is 1.34. The molecule has 2 amide bonds. The van der Waals surface area contributed by atoms with Gasteiger partial charge in [-0.05, 0) is 43.3 Å². The number of ether oxygens (including phenoxy) is 3. The molecule has 0 radical (unpaired) electrons. The van der Waals surface area contributed by atoms with Crippen LogP contribution in [0, 0.1) is 0 Å². The van der Waals surface area contributed by atoms with Crippen LogP contribution in [0.1, 0.15) is 12.5 Å². The van der Waals surface area contributed by atoms with Crippen molar-refractivity contribution < 1.29 is 23.8 Å². The lowest BCUT2D eigenvalue weighted by Gasteiger charge is -2.29. The third kappa shape index (κ3) is 5.46. The number of nitrogens with one attached hydrogen (secondary N) is 1. The number of likely N-dealkylation sites (N-methyl/N-ethyl adjacent to an activating group) is 1. The highest BCUT2D eigenvalue weighted by Crippen LogP contribution is 2.36. The largest absolute Gasteiger partial charge is 0.490 e. The van der Waals surface area contributed by atoms with Crippen molar-refractivity contribution in [2.24, 2.45) is 0 Å². The number of amides is 2. The number of benzene rings is 2. The van der Waals surface area contributed by atoms with Gasteiger partial charge >= 0.3 is 0 Å². The maximum atomic E-state index is 12.9. The summed E-state index contributed by atoms with van der Waals surface area (Å²) >= 11 is 0. The van der Waals surface area contributed by atoms with Crippen LogP contribution in [0.25, 0.3) is 6.08 Å². The Bertz CT molecular complexity index is 1030. The van der Waals surface area contributed by atoms with Crippen molar-refractivity contribution in [3.63, 3.8) is 0 Å². The molecule has 0 unspecified atom stereocenters. The van der Waals surface area contributed by atoms with Gasteiger partial charge in [0.05, 0.1) is 31.9 Å². The zero-order chi connectivity index (χ0) is 23.2. The van der Waals surface area contributed by atoms with E-state index in [0.717, 1.165) is 37.6 Å². The molecule has 4 rings (SSSR count). The molecule has 1 saturated heterocycles. The summed E-state index contributed by atoms with van der Waals surface area (Å²) in [4.78, 5) is 29.0. The fourth-order valence-electron chi connectivity index (χ4n) is 3.88. The highest BCUT2D eigenvalue weighted by molar-refractivity contribution is 6.02. The van der Waals surface area contributed by atoms with Crippen LogP contribution in [0.15, 0.2) is 48.0 Å². The van der Waals surface area contributed by atoms with Crippen molar-refractivity contribution in [3.05, 3.63) is 53.6 Å². The Kier molecular flexibility index (Phi) is 7.14. The molecule has 2 aromatic carbocycles. The van der Waals surface area contributed by atoms with Crippen LogP contribution in [0.3, 0.4) is 0 Å². The Labute approximate surface area is 193 Å². The molecule has 174 valence electrons. The van der Waals surface area contributed by atoms with Crippen molar-refractivity contribution >= 4 is 29.3 Å². The SMILES string of the molecule is CCOc1cccc2c1OCC(C(=O)N(C)CC(=O)Nc1ccc(N3CCOCC3)cc1)=C2. The standard InChI is InChI=1S/C25H29N3O5/c1-3-32-22-6-4-5-18-15-19(17-33-24(18)22)25(30)27(2)16-23(29)26-20-7-9-21(10-8-20)28-11-13-31-14-12-28/h4-10,15H,3,11-14,16-17H2,1-2H3,(H,26,29). The molecule has 8 nitrogen and oxygen atoms in total. The van der Waals surface area contributed by atoms with E-state index in [-0.39, 0.29) is 25.0 Å². The summed E-state index contributed by atoms with van der Waals surface area (Å²) in [7, 11) is 1.61. The molecule has 0 atom stereocenters. The Morgan fingerprint density at radius 3 is 2.61 bits per heavy atom. The third-order valence-corrected chi connectivity index (χ3v) is 5.54. The van der Waals surface area contributed by atoms with Crippen molar-refractivity contribution in [3.8, 4) is 11.5 Å². The molecule has 0 aliphatic carbocycles. The van der Waals surface area contributed by atoms with Crippen molar-refractivity contribution in [1.29, 1.82) is 0 Å². The molecule has 8 heteroatoms. The normalized spacial score (nSPS) is 15.1. The summed E-state index contributed by atoms with van der Waals surface area (Å²) in [5, 5.41) is 2.85. The number of nitrogens with zero attached hydrogens (tertiary/aromatic N) is 2. The number of hydrogen-bond donors (Lipinski definition) is 1. The fraction of sp³-hybridized carbons (Fsp3) is 0.360. The Morgan fingerprint density at radius 1 is 1.12 bits per heavy atom. The lowest BCUT2D eigenvalue weighted by Crippen LogP contribution is -2.37. The van der Waals surface area contributed by atoms with Gasteiger partial charge in [-0.3, -0.25) is 9.59 Å². The van der Waals surface area contributed by atoms with Gasteiger partial charge in [0.25, 0.3) is 5.91 Å². The zero-order valence-corrected chi connectivity index (χ0v) is 19.0. The van der Waals surface area contributed by atoms with E-state index in [9.17, 15) is 9.59 Å². The first-order valence-electron chi connectivity index (χ1n) is 11.1. The second kappa shape index (κ2) is 10.4. The average molecular weight is 452 g/mol. The van der Waals surface area contributed by atoms with Crippen molar-refractivity contribution in [1.82, 2.24) is 4.90 Å². The molecule has 33 heavy (non-hydrogen) atoms. The van der Waals surface area contributed by atoms with Crippen molar-refractivity contribution in [2.45, 2.75) is 6.92 Å². The molecule has 1 fully saturated rings. The molecular weight excluding hydrogens is 422 g/mol. The maximum Gasteiger partial charge on any atom is 0.253 e. The van der Waals surface area contributed by atoms with Gasteiger partial charge in [-0.15, -0.1) is 0 Å². The van der Waals surface area contributed by atoms with Crippen LogP contribution in [-0.2, 0) is 14.3 Å². The van der Waals surface area contributed by atoms with Gasteiger partial charge in [-0.2, -0.15) is 0 Å². The Hall–Kier alpha value is -3.52. The topological polar surface area (TPSA) is 80.3 Å². The van der Waals surface area contributed by atoms with Gasteiger partial charge < -0.3 is 29.3 Å². The van der Waals surface area contributed by atoms with Gasteiger partial charge in [0.15, 0.2) is 11.5 Å². The highest BCUT2D eigenvalue weighted by Gasteiger charge is 2.23. The second-order valence-corrected chi connectivity index (χ2v) is 7.92. The number of anilines is 2. The quantitative estimate of drug-likeness (QED) is 0.697. The van der Waals surface area contributed by atoms with E-state index in [2.05, 4.69) is 10.2 Å². The minimum atomic E-state index is -0.263. The van der Waals surface area contributed by atoms with Crippen molar-refractivity contribution in [2.75, 3.05) is 63.3 Å². The van der Waals surface area contributed by atoms with Gasteiger partial charge in [-0.1, -0.05) is 12.1 Å². The van der Waals surface area contributed by atoms with E-state index in [1.54, 1.807) is 13.1 Å². The molecule has 0 spiro atoms. The summed E-state index contributed by atoms with van der Waals surface area (Å²) in [5.74, 6) is 0.781. The number of morpholine rings is 1. The van der Waals surface area contributed by atoms with Crippen LogP contribution in [0.4, 0.5) is 11.4 Å². The molecule has 2 aromatic rings. The van der Waals surface area contributed by atoms with Crippen LogP contribution < -0.4 is 19.7 Å². The molecule has 0 bridgehead atoms. The molecular formula is C25H29N3O5. The van der Waals surface area contributed by atoms with E-state index < -0.39 is 0 Å². The third-order valence-electron chi connectivity index (χ3n) is 5.54. The average Bonchev–Trinajstić information content (AvgIpc) is 2.84. The van der Waals surface area contributed by atoms with Crippen LogP contribution >= 0.6 is 0 Å². The first kappa shape index (κ1) is 22.7. The summed E-state index contributed by atoms with van der Waals surface area (Å²) in [5.41, 5.74) is 3.06. The molecule has 0 saturated carbocycles. The van der Waals surface area contributed by atoms with Crippen LogP contribution in [0.2, 0.25) is 0 Å². The lowest BCUT2D eigenvalue weighted by molar-refractivity contribution is -0.130. The van der Waals surface area contributed by atoms with E-state index >= 15 is 0 Å². The number of hydrogen-bond acceptors (Lipinski definition) is 6. The van der Waals surface area contributed by atoms with Crippen LogP contribution in [0.5, 0.6) is 11.5 Å². The Morgan fingerprint density at radius 2 is 1.88 bits per heavy atom. The minimum Gasteiger partial charge on any atom is -0.490 e. The number of carbonyl (C=O) groups excluding carboxylic acids is 2. The van der Waals surface area contributed by atoms with E-state index in [1.807, 2.05) is 49.4 Å². The predicted molar refractivity (Wildman–Crippen MR) is 127 cm³/mol. The molecule has 2 aliphatic rings. The maximum absolute atomic E-state index is 12.9. The summed E-state index contributed by atoms with van der Waals surface area (Å²) in [6.45, 7) is 5.66. The molecule has 0 aromatic heterocycles. The second-order valence-electron chi connectivity index (χ2n) is 7.92. The molecule has 2 heterocycles. The van der Waals surface area contributed by atoms with Gasteiger partial charge in [0.1, 0.15) is 6.61 Å². The fourth-order valence-corrected chi connectivity index (χ4v) is 3.88. The highest BCUT2D eigenvalue weighted by atomic mass is 16.5. The van der Waals surface area contributed by atoms with E-state index in [1.165, 1.54) is 4.90 Å². The monoisotopic (exact) mass is 451 g/mol. The smallest absolute Gasteiger partial charge is 0.253 e. The van der Waals surface area contributed by atoms with Gasteiger partial charge in [-0.25, -0.2) is 0 Å². The predicted octanol–water partition coefficient (Wildman–Crippen LogP) is 2.79. The summed E-state index contributed by atoms with van der Waals surface area (Å²) < 4.78 is 16.8. The zero-order valence-electron chi connectivity index (χ0n) is 19.0. The summed E-state index contributed by atoms with van der Waals surface area (Å²) in [6, 6.07) is 13.3. The number of para-hydroxylation sites is 1. The van der Waals surface area contributed by atoms with E-state index in [4.69, 9.17) is 14.2 Å². The minimum absolute atomic E-state index is 0.0623. The number of rotatable bonds is 7. The first-order valence-corrected chi connectivity index (χ1v) is 11.1.